The van der Waals surface area contributed by atoms with Crippen LogP contribution in [0.5, 0.6) is 0 Å². The van der Waals surface area contributed by atoms with Gasteiger partial charge in [0.2, 0.25) is 0 Å². The summed E-state index contributed by atoms with van der Waals surface area (Å²) in [5.74, 6) is -1.40. The summed E-state index contributed by atoms with van der Waals surface area (Å²) in [7, 11) is 0. The van der Waals surface area contributed by atoms with E-state index in [0.29, 0.717) is 11.4 Å². The van der Waals surface area contributed by atoms with Gasteiger partial charge in [0.05, 0.1) is 5.69 Å². The van der Waals surface area contributed by atoms with Gasteiger partial charge in [-0.25, -0.2) is 13.9 Å². The second kappa shape index (κ2) is 5.44. The fraction of sp³-hybridized carbons (Fsp3) is 0.0588. The predicted molar refractivity (Wildman–Crippen MR) is 80.7 cm³/mol. The Bertz CT molecular complexity index is 838. The summed E-state index contributed by atoms with van der Waals surface area (Å²) in [4.78, 5) is 11.5. The molecule has 0 saturated carbocycles. The minimum Gasteiger partial charge on any atom is -0.478 e. The smallest absolute Gasteiger partial charge is 0.339 e. The van der Waals surface area contributed by atoms with Crippen LogP contribution in [-0.2, 0) is 0 Å². The summed E-state index contributed by atoms with van der Waals surface area (Å²) in [6, 6.07) is 13.2. The lowest BCUT2D eigenvalue weighted by atomic mass is 10.1. The molecule has 3 aromatic rings. The van der Waals surface area contributed by atoms with E-state index >= 15 is 0 Å². The van der Waals surface area contributed by atoms with E-state index in [4.69, 9.17) is 0 Å². The molecule has 0 atom stereocenters. The highest BCUT2D eigenvalue weighted by Gasteiger charge is 2.17. The highest BCUT2D eigenvalue weighted by molar-refractivity contribution is 5.94. The molecule has 4 nitrogen and oxygen atoms in total. The lowest BCUT2D eigenvalue weighted by Crippen LogP contribution is -1.96. The lowest BCUT2D eigenvalue weighted by Gasteiger charge is -2.01. The Morgan fingerprint density at radius 3 is 2.55 bits per heavy atom. The zero-order valence-corrected chi connectivity index (χ0v) is 11.8. The van der Waals surface area contributed by atoms with Gasteiger partial charge in [-0.2, -0.15) is 5.10 Å². The summed E-state index contributed by atoms with van der Waals surface area (Å²) >= 11 is 0. The topological polar surface area (TPSA) is 55.1 Å². The molecule has 0 fully saturated rings. The normalized spacial score (nSPS) is 10.6. The molecule has 1 aromatic heterocycles. The molecule has 3 rings (SSSR count). The number of aryl methyl sites for hydroxylation is 1. The van der Waals surface area contributed by atoms with Crippen LogP contribution in [0.3, 0.4) is 0 Å². The van der Waals surface area contributed by atoms with E-state index in [1.807, 2.05) is 31.2 Å². The maximum absolute atomic E-state index is 13.0. The molecule has 2 aromatic carbocycles. The minimum absolute atomic E-state index is 0.106. The van der Waals surface area contributed by atoms with E-state index < -0.39 is 5.97 Å². The Hall–Kier alpha value is -2.95. The Labute approximate surface area is 126 Å². The van der Waals surface area contributed by atoms with Gasteiger partial charge in [-0.15, -0.1) is 0 Å². The molecule has 0 aliphatic heterocycles. The van der Waals surface area contributed by atoms with Crippen molar-refractivity contribution in [1.82, 2.24) is 9.78 Å². The van der Waals surface area contributed by atoms with Gasteiger partial charge in [-0.3, -0.25) is 0 Å². The first-order chi connectivity index (χ1) is 10.5. The van der Waals surface area contributed by atoms with Gasteiger partial charge >= 0.3 is 5.97 Å². The van der Waals surface area contributed by atoms with Crippen LogP contribution in [0.2, 0.25) is 0 Å². The summed E-state index contributed by atoms with van der Waals surface area (Å²) in [5.41, 5.74) is 2.85. The number of aromatic nitrogens is 2. The van der Waals surface area contributed by atoms with Crippen molar-refractivity contribution in [3.8, 4) is 16.9 Å². The first kappa shape index (κ1) is 14.0. The molecule has 0 bridgehead atoms. The fourth-order valence-electron chi connectivity index (χ4n) is 2.26. The number of hydrogen-bond acceptors (Lipinski definition) is 2. The van der Waals surface area contributed by atoms with Crippen LogP contribution in [0.1, 0.15) is 15.9 Å². The van der Waals surface area contributed by atoms with Crippen molar-refractivity contribution in [2.75, 3.05) is 0 Å². The minimum atomic E-state index is -1.05. The number of halogens is 1. The monoisotopic (exact) mass is 296 g/mol. The standard InChI is InChI=1S/C17H13FN2O2/c1-11-3-2-4-12(9-11)16-15(17(21)22)10-20(19-16)14-7-5-13(18)6-8-14/h2-10H,1H3,(H,21,22). The molecule has 0 saturated heterocycles. The fourth-order valence-corrected chi connectivity index (χ4v) is 2.26. The van der Waals surface area contributed by atoms with Gasteiger partial charge in [-0.05, 0) is 37.3 Å². The third-order valence-electron chi connectivity index (χ3n) is 3.33. The first-order valence-electron chi connectivity index (χ1n) is 6.70. The van der Waals surface area contributed by atoms with Gasteiger partial charge < -0.3 is 5.11 Å². The molecule has 1 heterocycles. The van der Waals surface area contributed by atoms with Gasteiger partial charge in [0.15, 0.2) is 0 Å². The molecular weight excluding hydrogens is 283 g/mol. The van der Waals surface area contributed by atoms with E-state index in [1.165, 1.54) is 23.0 Å². The number of benzene rings is 2. The lowest BCUT2D eigenvalue weighted by molar-refractivity contribution is 0.0697. The average Bonchev–Trinajstić information content (AvgIpc) is 2.93. The largest absolute Gasteiger partial charge is 0.478 e. The van der Waals surface area contributed by atoms with Crippen LogP contribution in [0.25, 0.3) is 16.9 Å². The van der Waals surface area contributed by atoms with Crippen LogP contribution >= 0.6 is 0 Å². The zero-order chi connectivity index (χ0) is 15.7. The summed E-state index contributed by atoms with van der Waals surface area (Å²) in [6.07, 6.45) is 1.44. The van der Waals surface area contributed by atoms with Gasteiger partial charge in [-0.1, -0.05) is 23.8 Å². The van der Waals surface area contributed by atoms with Crippen LogP contribution in [-0.4, -0.2) is 20.9 Å². The Morgan fingerprint density at radius 2 is 1.91 bits per heavy atom. The number of carboxylic acids is 1. The maximum atomic E-state index is 13.0. The van der Waals surface area contributed by atoms with Crippen molar-refractivity contribution in [2.24, 2.45) is 0 Å². The quantitative estimate of drug-likeness (QED) is 0.802. The van der Waals surface area contributed by atoms with Crippen molar-refractivity contribution < 1.29 is 14.3 Å². The van der Waals surface area contributed by atoms with Crippen LogP contribution in [0, 0.1) is 12.7 Å². The van der Waals surface area contributed by atoms with Gasteiger partial charge in [0.25, 0.3) is 0 Å². The second-order valence-corrected chi connectivity index (χ2v) is 4.99. The van der Waals surface area contributed by atoms with E-state index in [9.17, 15) is 14.3 Å². The van der Waals surface area contributed by atoms with Crippen molar-refractivity contribution in [2.45, 2.75) is 6.92 Å². The number of carboxylic acid groups (broad SMARTS) is 1. The highest BCUT2D eigenvalue weighted by Crippen LogP contribution is 2.24. The van der Waals surface area contributed by atoms with E-state index in [0.717, 1.165) is 11.1 Å². The van der Waals surface area contributed by atoms with Crippen LogP contribution in [0.4, 0.5) is 4.39 Å². The van der Waals surface area contributed by atoms with Crippen LogP contribution in [0.15, 0.2) is 54.7 Å². The maximum Gasteiger partial charge on any atom is 0.339 e. The molecule has 0 radical (unpaired) electrons. The van der Waals surface area contributed by atoms with Crippen LogP contribution < -0.4 is 0 Å². The zero-order valence-electron chi connectivity index (χ0n) is 11.8. The molecule has 0 amide bonds. The number of carbonyl (C=O) groups is 1. The molecule has 0 spiro atoms. The summed E-state index contributed by atoms with van der Waals surface area (Å²) < 4.78 is 14.4. The van der Waals surface area contributed by atoms with Crippen molar-refractivity contribution in [3.05, 3.63) is 71.7 Å². The molecule has 22 heavy (non-hydrogen) atoms. The Kier molecular flexibility index (Phi) is 3.47. The summed E-state index contributed by atoms with van der Waals surface area (Å²) in [6.45, 7) is 1.93. The Balaban J connectivity index is 2.14. The van der Waals surface area contributed by atoms with Gasteiger partial charge in [0, 0.05) is 11.8 Å². The molecule has 1 N–H and O–H groups in total. The SMILES string of the molecule is Cc1cccc(-c2nn(-c3ccc(F)cc3)cc2C(=O)O)c1. The molecule has 110 valence electrons. The van der Waals surface area contributed by atoms with Crippen molar-refractivity contribution in [1.29, 1.82) is 0 Å². The molecule has 0 unspecified atom stereocenters. The second-order valence-electron chi connectivity index (χ2n) is 4.99. The number of hydrogen-bond donors (Lipinski definition) is 1. The van der Waals surface area contributed by atoms with E-state index in [1.54, 1.807) is 12.1 Å². The number of nitrogens with zero attached hydrogens (tertiary/aromatic N) is 2. The highest BCUT2D eigenvalue weighted by atomic mass is 19.1. The van der Waals surface area contributed by atoms with Crippen molar-refractivity contribution in [3.63, 3.8) is 0 Å². The number of aromatic carboxylic acids is 1. The third-order valence-corrected chi connectivity index (χ3v) is 3.33. The average molecular weight is 296 g/mol. The van der Waals surface area contributed by atoms with Gasteiger partial charge in [0.1, 0.15) is 17.1 Å². The first-order valence-corrected chi connectivity index (χ1v) is 6.70. The van der Waals surface area contributed by atoms with E-state index in [2.05, 4.69) is 5.10 Å². The molecule has 5 heteroatoms. The molecule has 0 aliphatic rings. The van der Waals surface area contributed by atoms with Crippen molar-refractivity contribution >= 4 is 5.97 Å². The Morgan fingerprint density at radius 1 is 1.18 bits per heavy atom. The van der Waals surface area contributed by atoms with E-state index in [-0.39, 0.29) is 11.4 Å². The molecule has 0 aliphatic carbocycles. The number of rotatable bonds is 3. The summed E-state index contributed by atoms with van der Waals surface area (Å²) in [5, 5.41) is 13.7. The predicted octanol–water partition coefficient (Wildman–Crippen LogP) is 3.69. The molecular formula is C17H13FN2O2. The third kappa shape index (κ3) is 2.61.